The van der Waals surface area contributed by atoms with Crippen LogP contribution in [0.25, 0.3) is 0 Å². The summed E-state index contributed by atoms with van der Waals surface area (Å²) in [6.07, 6.45) is 1.05. The number of thiophene rings is 1. The highest BCUT2D eigenvalue weighted by molar-refractivity contribution is 9.10. The molecule has 0 bridgehead atoms. The highest BCUT2D eigenvalue weighted by Crippen LogP contribution is 2.27. The fraction of sp³-hybridized carbons (Fsp3) is 0.429. The average molecular weight is 449 g/mol. The molecule has 0 spiro atoms. The molecule has 4 nitrogen and oxygen atoms in total. The molecular formula is C21H25BrN2O2S. The molecule has 1 aromatic carbocycles. The monoisotopic (exact) mass is 448 g/mol. The van der Waals surface area contributed by atoms with E-state index in [0.717, 1.165) is 20.5 Å². The molecule has 27 heavy (non-hydrogen) atoms. The van der Waals surface area contributed by atoms with Gasteiger partial charge in [0.05, 0.1) is 6.54 Å². The number of hydrogen-bond acceptors (Lipinski definition) is 3. The van der Waals surface area contributed by atoms with Gasteiger partial charge in [0.1, 0.15) is 6.04 Å². The predicted molar refractivity (Wildman–Crippen MR) is 112 cm³/mol. The van der Waals surface area contributed by atoms with Crippen molar-refractivity contribution in [2.75, 3.05) is 7.05 Å². The molecule has 0 aliphatic carbocycles. The molecule has 1 aliphatic heterocycles. The molecule has 0 radical (unpaired) electrons. The summed E-state index contributed by atoms with van der Waals surface area (Å²) in [5.41, 5.74) is 2.31. The topological polar surface area (TPSA) is 40.6 Å². The van der Waals surface area contributed by atoms with Crippen molar-refractivity contribution in [3.8, 4) is 0 Å². The van der Waals surface area contributed by atoms with Crippen LogP contribution in [-0.4, -0.2) is 34.7 Å². The third-order valence-corrected chi connectivity index (χ3v) is 6.51. The van der Waals surface area contributed by atoms with E-state index in [0.29, 0.717) is 25.9 Å². The first-order valence-corrected chi connectivity index (χ1v) is 10.9. The van der Waals surface area contributed by atoms with Gasteiger partial charge in [0.15, 0.2) is 0 Å². The van der Waals surface area contributed by atoms with Crippen molar-refractivity contribution < 1.29 is 9.59 Å². The molecule has 0 fully saturated rings. The van der Waals surface area contributed by atoms with Gasteiger partial charge in [0, 0.05) is 41.2 Å². The number of fused-ring (bicyclic) bond motifs is 1. The van der Waals surface area contributed by atoms with Gasteiger partial charge < -0.3 is 9.80 Å². The van der Waals surface area contributed by atoms with Gasteiger partial charge in [-0.15, -0.1) is 11.3 Å². The third kappa shape index (κ3) is 4.79. The summed E-state index contributed by atoms with van der Waals surface area (Å²) in [6.45, 7) is 5.14. The van der Waals surface area contributed by atoms with Crippen molar-refractivity contribution in [3.05, 3.63) is 56.2 Å². The Hall–Kier alpha value is -1.66. The zero-order valence-corrected chi connectivity index (χ0v) is 18.3. The van der Waals surface area contributed by atoms with Crippen molar-refractivity contribution in [2.45, 2.75) is 45.8 Å². The smallest absolute Gasteiger partial charge is 0.245 e. The first-order valence-electron chi connectivity index (χ1n) is 9.19. The Kier molecular flexibility index (Phi) is 6.37. The SMILES string of the molecule is CC(C)CC(=O)N1Cc2ccccc2CC1C(=O)N(C)Cc1cc(Br)cs1. The van der Waals surface area contributed by atoms with E-state index in [9.17, 15) is 9.59 Å². The zero-order valence-electron chi connectivity index (χ0n) is 15.9. The second-order valence-electron chi connectivity index (χ2n) is 7.53. The number of hydrogen-bond donors (Lipinski definition) is 0. The van der Waals surface area contributed by atoms with E-state index in [1.54, 1.807) is 21.1 Å². The molecule has 2 amide bonds. The molecule has 1 aliphatic rings. The van der Waals surface area contributed by atoms with Crippen molar-refractivity contribution in [1.82, 2.24) is 9.80 Å². The van der Waals surface area contributed by atoms with Crippen LogP contribution in [0.4, 0.5) is 0 Å². The summed E-state index contributed by atoms with van der Waals surface area (Å²) in [5.74, 6) is 0.336. The maximum Gasteiger partial charge on any atom is 0.245 e. The first-order chi connectivity index (χ1) is 12.8. The molecule has 2 aromatic rings. The van der Waals surface area contributed by atoms with Gasteiger partial charge in [-0.3, -0.25) is 9.59 Å². The van der Waals surface area contributed by atoms with Crippen molar-refractivity contribution in [1.29, 1.82) is 0 Å². The van der Waals surface area contributed by atoms with E-state index in [1.165, 1.54) is 0 Å². The fourth-order valence-electron chi connectivity index (χ4n) is 3.47. The van der Waals surface area contributed by atoms with Gasteiger partial charge in [-0.05, 0) is 39.0 Å². The molecule has 2 heterocycles. The molecule has 0 saturated carbocycles. The van der Waals surface area contributed by atoms with E-state index in [2.05, 4.69) is 28.1 Å². The Morgan fingerprint density at radius 1 is 1.30 bits per heavy atom. The van der Waals surface area contributed by atoms with Crippen molar-refractivity contribution in [3.63, 3.8) is 0 Å². The number of nitrogens with zero attached hydrogens (tertiary/aromatic N) is 2. The largest absolute Gasteiger partial charge is 0.339 e. The van der Waals surface area contributed by atoms with Gasteiger partial charge in [-0.1, -0.05) is 38.1 Å². The van der Waals surface area contributed by atoms with Crippen LogP contribution in [0.15, 0.2) is 40.2 Å². The Morgan fingerprint density at radius 3 is 2.63 bits per heavy atom. The number of likely N-dealkylation sites (N-methyl/N-ethyl adjacent to an activating group) is 1. The van der Waals surface area contributed by atoms with Crippen LogP contribution in [0.1, 0.15) is 36.3 Å². The van der Waals surface area contributed by atoms with Gasteiger partial charge >= 0.3 is 0 Å². The Bertz CT molecular complexity index is 833. The lowest BCUT2D eigenvalue weighted by Gasteiger charge is -2.38. The lowest BCUT2D eigenvalue weighted by atomic mass is 9.92. The van der Waals surface area contributed by atoms with Gasteiger partial charge in [0.25, 0.3) is 0 Å². The van der Waals surface area contributed by atoms with Crippen LogP contribution in [0.3, 0.4) is 0 Å². The van der Waals surface area contributed by atoms with E-state index in [-0.39, 0.29) is 17.7 Å². The third-order valence-electron chi connectivity index (χ3n) is 4.83. The summed E-state index contributed by atoms with van der Waals surface area (Å²) < 4.78 is 1.03. The minimum atomic E-state index is -0.431. The summed E-state index contributed by atoms with van der Waals surface area (Å²) in [6, 6.07) is 9.71. The Balaban J connectivity index is 1.82. The minimum Gasteiger partial charge on any atom is -0.339 e. The minimum absolute atomic E-state index is 0.00568. The van der Waals surface area contributed by atoms with Crippen LogP contribution >= 0.6 is 27.3 Å². The highest BCUT2D eigenvalue weighted by atomic mass is 79.9. The molecule has 1 atom stereocenters. The first kappa shape index (κ1) is 20.1. The number of amides is 2. The van der Waals surface area contributed by atoms with Crippen LogP contribution < -0.4 is 0 Å². The molecular weight excluding hydrogens is 424 g/mol. The Morgan fingerprint density at radius 2 is 2.00 bits per heavy atom. The highest BCUT2D eigenvalue weighted by Gasteiger charge is 2.36. The summed E-state index contributed by atoms with van der Waals surface area (Å²) in [4.78, 5) is 30.8. The lowest BCUT2D eigenvalue weighted by Crippen LogP contribution is -2.52. The number of halogens is 1. The van der Waals surface area contributed by atoms with E-state index in [1.807, 2.05) is 44.5 Å². The number of carbonyl (C=O) groups is 2. The molecule has 144 valence electrons. The van der Waals surface area contributed by atoms with E-state index >= 15 is 0 Å². The van der Waals surface area contributed by atoms with Crippen LogP contribution in [0, 0.1) is 5.92 Å². The molecule has 6 heteroatoms. The number of carbonyl (C=O) groups excluding carboxylic acids is 2. The Labute approximate surface area is 173 Å². The molecule has 0 N–H and O–H groups in total. The summed E-state index contributed by atoms with van der Waals surface area (Å²) >= 11 is 5.08. The summed E-state index contributed by atoms with van der Waals surface area (Å²) in [7, 11) is 1.82. The van der Waals surface area contributed by atoms with Crippen molar-refractivity contribution in [2.24, 2.45) is 5.92 Å². The van der Waals surface area contributed by atoms with Gasteiger partial charge in [0.2, 0.25) is 11.8 Å². The molecule has 1 aromatic heterocycles. The lowest BCUT2D eigenvalue weighted by molar-refractivity contribution is -0.147. The maximum atomic E-state index is 13.2. The summed E-state index contributed by atoms with van der Waals surface area (Å²) in [5, 5.41) is 2.02. The number of benzene rings is 1. The molecule has 0 saturated heterocycles. The number of rotatable bonds is 5. The standard InChI is InChI=1S/C21H25BrN2O2S/c1-14(2)8-20(25)24-11-16-7-5-4-6-15(16)9-19(24)21(26)23(3)12-18-10-17(22)13-27-18/h4-7,10,13-14,19H,8-9,11-12H2,1-3H3. The van der Waals surface area contributed by atoms with Gasteiger partial charge in [-0.25, -0.2) is 0 Å². The van der Waals surface area contributed by atoms with Gasteiger partial charge in [-0.2, -0.15) is 0 Å². The fourth-order valence-corrected chi connectivity index (χ4v) is 4.98. The zero-order chi connectivity index (χ0) is 19.6. The van der Waals surface area contributed by atoms with Crippen LogP contribution in [0.5, 0.6) is 0 Å². The van der Waals surface area contributed by atoms with Crippen LogP contribution in [-0.2, 0) is 29.1 Å². The average Bonchev–Trinajstić information content (AvgIpc) is 3.04. The van der Waals surface area contributed by atoms with Crippen molar-refractivity contribution >= 4 is 39.1 Å². The van der Waals surface area contributed by atoms with E-state index < -0.39 is 6.04 Å². The second kappa shape index (κ2) is 8.57. The maximum absolute atomic E-state index is 13.2. The second-order valence-corrected chi connectivity index (χ2v) is 9.45. The quantitative estimate of drug-likeness (QED) is 0.676. The van der Waals surface area contributed by atoms with E-state index in [4.69, 9.17) is 0 Å². The molecule has 3 rings (SSSR count). The normalized spacial score (nSPS) is 16.3. The van der Waals surface area contributed by atoms with Crippen LogP contribution in [0.2, 0.25) is 0 Å². The predicted octanol–water partition coefficient (Wildman–Crippen LogP) is 4.47. The molecule has 1 unspecified atom stereocenters.